The van der Waals surface area contributed by atoms with E-state index in [1.165, 1.54) is 0 Å². The molecule has 1 heterocycles. The Morgan fingerprint density at radius 1 is 1.44 bits per heavy atom. The van der Waals surface area contributed by atoms with E-state index in [0.717, 1.165) is 42.0 Å². The zero-order valence-corrected chi connectivity index (χ0v) is 12.1. The van der Waals surface area contributed by atoms with Gasteiger partial charge in [0, 0.05) is 42.8 Å². The molecule has 0 aromatic heterocycles. The van der Waals surface area contributed by atoms with Crippen LogP contribution in [0.5, 0.6) is 5.75 Å². The molecule has 0 radical (unpaired) electrons. The van der Waals surface area contributed by atoms with Gasteiger partial charge in [-0.2, -0.15) is 0 Å². The SMILES string of the molecule is COc1ccc(Br)cc1C(O)CN1CCNCC1. The van der Waals surface area contributed by atoms with E-state index in [1.54, 1.807) is 7.11 Å². The summed E-state index contributed by atoms with van der Waals surface area (Å²) in [5, 5.41) is 13.7. The van der Waals surface area contributed by atoms with Crippen LogP contribution in [0.4, 0.5) is 0 Å². The number of nitrogens with zero attached hydrogens (tertiary/aromatic N) is 1. The Morgan fingerprint density at radius 3 is 2.83 bits per heavy atom. The summed E-state index contributed by atoms with van der Waals surface area (Å²) in [4.78, 5) is 2.27. The molecule has 5 heteroatoms. The van der Waals surface area contributed by atoms with Crippen molar-refractivity contribution in [3.05, 3.63) is 28.2 Å². The molecule has 1 atom stereocenters. The Hall–Kier alpha value is -0.620. The number of aliphatic hydroxyl groups is 1. The fourth-order valence-corrected chi connectivity index (χ4v) is 2.58. The van der Waals surface area contributed by atoms with Gasteiger partial charge in [-0.3, -0.25) is 4.90 Å². The smallest absolute Gasteiger partial charge is 0.124 e. The summed E-state index contributed by atoms with van der Waals surface area (Å²) in [7, 11) is 1.63. The van der Waals surface area contributed by atoms with E-state index >= 15 is 0 Å². The van der Waals surface area contributed by atoms with Crippen LogP contribution in [-0.2, 0) is 0 Å². The molecule has 18 heavy (non-hydrogen) atoms. The lowest BCUT2D eigenvalue weighted by Crippen LogP contribution is -2.45. The van der Waals surface area contributed by atoms with E-state index in [0.29, 0.717) is 6.54 Å². The second kappa shape index (κ2) is 6.52. The van der Waals surface area contributed by atoms with Gasteiger partial charge in [0.15, 0.2) is 0 Å². The minimum Gasteiger partial charge on any atom is -0.496 e. The first-order valence-corrected chi connectivity index (χ1v) is 6.94. The number of rotatable bonds is 4. The standard InChI is InChI=1S/C13H19BrN2O2/c1-18-13-3-2-10(14)8-11(13)12(17)9-16-6-4-15-5-7-16/h2-3,8,12,15,17H,4-7,9H2,1H3. The monoisotopic (exact) mass is 314 g/mol. The predicted molar refractivity (Wildman–Crippen MR) is 75.0 cm³/mol. The highest BCUT2D eigenvalue weighted by Gasteiger charge is 2.18. The third-order valence-corrected chi connectivity index (χ3v) is 3.68. The Bertz CT molecular complexity index is 395. The van der Waals surface area contributed by atoms with Gasteiger partial charge in [0.05, 0.1) is 13.2 Å². The molecule has 1 fully saturated rings. The molecule has 4 nitrogen and oxygen atoms in total. The summed E-state index contributed by atoms with van der Waals surface area (Å²) in [6.45, 7) is 4.58. The molecule has 1 aromatic carbocycles. The lowest BCUT2D eigenvalue weighted by Gasteiger charge is -2.29. The molecule has 1 unspecified atom stereocenters. The van der Waals surface area contributed by atoms with E-state index < -0.39 is 6.10 Å². The third-order valence-electron chi connectivity index (χ3n) is 3.19. The topological polar surface area (TPSA) is 44.7 Å². The molecule has 1 aliphatic heterocycles. The first-order valence-electron chi connectivity index (χ1n) is 6.15. The lowest BCUT2D eigenvalue weighted by molar-refractivity contribution is 0.103. The zero-order chi connectivity index (χ0) is 13.0. The van der Waals surface area contributed by atoms with Crippen LogP contribution >= 0.6 is 15.9 Å². The number of hydrogen-bond acceptors (Lipinski definition) is 4. The van der Waals surface area contributed by atoms with Crippen molar-refractivity contribution in [1.29, 1.82) is 0 Å². The number of nitrogens with one attached hydrogen (secondary N) is 1. The van der Waals surface area contributed by atoms with Gasteiger partial charge in [-0.25, -0.2) is 0 Å². The van der Waals surface area contributed by atoms with Crippen LogP contribution in [0.1, 0.15) is 11.7 Å². The average molecular weight is 315 g/mol. The second-order valence-corrected chi connectivity index (χ2v) is 5.37. The van der Waals surface area contributed by atoms with Gasteiger partial charge < -0.3 is 15.2 Å². The Kier molecular flexibility index (Phi) is 5.00. The van der Waals surface area contributed by atoms with E-state index in [-0.39, 0.29) is 0 Å². The molecular weight excluding hydrogens is 296 g/mol. The molecule has 2 N–H and O–H groups in total. The number of β-amino-alcohol motifs (C(OH)–C–C–N with tert-alkyl or cyclic N) is 1. The molecule has 0 bridgehead atoms. The van der Waals surface area contributed by atoms with Crippen LogP contribution in [0, 0.1) is 0 Å². The summed E-state index contributed by atoms with van der Waals surface area (Å²) in [6, 6.07) is 5.71. The van der Waals surface area contributed by atoms with Crippen molar-refractivity contribution in [3.63, 3.8) is 0 Å². The molecule has 0 spiro atoms. The molecule has 1 aliphatic rings. The number of hydrogen-bond donors (Lipinski definition) is 2. The fraction of sp³-hybridized carbons (Fsp3) is 0.538. The van der Waals surface area contributed by atoms with E-state index in [9.17, 15) is 5.11 Å². The van der Waals surface area contributed by atoms with E-state index in [4.69, 9.17) is 4.74 Å². The molecule has 1 aromatic rings. The highest BCUT2D eigenvalue weighted by Crippen LogP contribution is 2.29. The summed E-state index contributed by atoms with van der Waals surface area (Å²) < 4.78 is 6.26. The Morgan fingerprint density at radius 2 is 2.17 bits per heavy atom. The minimum absolute atomic E-state index is 0.518. The van der Waals surface area contributed by atoms with Crippen molar-refractivity contribution in [3.8, 4) is 5.75 Å². The maximum Gasteiger partial charge on any atom is 0.124 e. The number of piperazine rings is 1. The van der Waals surface area contributed by atoms with Gasteiger partial charge in [0.2, 0.25) is 0 Å². The second-order valence-electron chi connectivity index (χ2n) is 4.45. The number of ether oxygens (including phenoxy) is 1. The summed E-state index contributed by atoms with van der Waals surface area (Å²) in [5.41, 5.74) is 0.838. The first-order chi connectivity index (χ1) is 8.70. The quantitative estimate of drug-likeness (QED) is 0.881. The summed E-state index contributed by atoms with van der Waals surface area (Å²) >= 11 is 3.43. The minimum atomic E-state index is -0.518. The Balaban J connectivity index is 2.07. The van der Waals surface area contributed by atoms with Gasteiger partial charge in [-0.05, 0) is 18.2 Å². The van der Waals surface area contributed by atoms with Gasteiger partial charge in [-0.1, -0.05) is 15.9 Å². The van der Waals surface area contributed by atoms with E-state index in [2.05, 4.69) is 26.1 Å². The summed E-state index contributed by atoms with van der Waals surface area (Å²) in [6.07, 6.45) is -0.518. The van der Waals surface area contributed by atoms with Gasteiger partial charge in [0.1, 0.15) is 5.75 Å². The van der Waals surface area contributed by atoms with Crippen LogP contribution in [0.2, 0.25) is 0 Å². The number of benzene rings is 1. The van der Waals surface area contributed by atoms with Crippen molar-refractivity contribution in [1.82, 2.24) is 10.2 Å². The van der Waals surface area contributed by atoms with Gasteiger partial charge >= 0.3 is 0 Å². The predicted octanol–water partition coefficient (Wildman–Crippen LogP) is 1.40. The number of methoxy groups -OCH3 is 1. The maximum absolute atomic E-state index is 10.3. The van der Waals surface area contributed by atoms with E-state index in [1.807, 2.05) is 18.2 Å². The molecular formula is C13H19BrN2O2. The molecule has 0 aliphatic carbocycles. The van der Waals surface area contributed by atoms with Crippen LogP contribution < -0.4 is 10.1 Å². The maximum atomic E-state index is 10.3. The first kappa shape index (κ1) is 13.8. The van der Waals surface area contributed by atoms with Crippen molar-refractivity contribution in [2.24, 2.45) is 0 Å². The van der Waals surface area contributed by atoms with Gasteiger partial charge in [0.25, 0.3) is 0 Å². The van der Waals surface area contributed by atoms with Crippen molar-refractivity contribution < 1.29 is 9.84 Å². The zero-order valence-electron chi connectivity index (χ0n) is 10.5. The molecule has 2 rings (SSSR count). The van der Waals surface area contributed by atoms with Crippen molar-refractivity contribution >= 4 is 15.9 Å². The highest BCUT2D eigenvalue weighted by molar-refractivity contribution is 9.10. The van der Waals surface area contributed by atoms with Crippen LogP contribution in [0.15, 0.2) is 22.7 Å². The third kappa shape index (κ3) is 3.45. The molecule has 0 saturated carbocycles. The molecule has 1 saturated heterocycles. The fourth-order valence-electron chi connectivity index (χ4n) is 2.20. The van der Waals surface area contributed by atoms with Crippen LogP contribution in [-0.4, -0.2) is 49.8 Å². The summed E-state index contributed by atoms with van der Waals surface area (Å²) in [5.74, 6) is 0.737. The average Bonchev–Trinajstić information content (AvgIpc) is 2.40. The largest absolute Gasteiger partial charge is 0.496 e. The van der Waals surface area contributed by atoms with Crippen LogP contribution in [0.25, 0.3) is 0 Å². The van der Waals surface area contributed by atoms with Crippen LogP contribution in [0.3, 0.4) is 0 Å². The van der Waals surface area contributed by atoms with Crippen molar-refractivity contribution in [2.45, 2.75) is 6.10 Å². The molecule has 100 valence electrons. The molecule has 0 amide bonds. The normalized spacial score (nSPS) is 18.6. The lowest BCUT2D eigenvalue weighted by atomic mass is 10.1. The number of aliphatic hydroxyl groups excluding tert-OH is 1. The Labute approximate surface area is 116 Å². The number of halogens is 1. The highest BCUT2D eigenvalue weighted by atomic mass is 79.9. The van der Waals surface area contributed by atoms with Gasteiger partial charge in [-0.15, -0.1) is 0 Å². The van der Waals surface area contributed by atoms with Crippen molar-refractivity contribution in [2.75, 3.05) is 39.8 Å².